The summed E-state index contributed by atoms with van der Waals surface area (Å²) in [5, 5.41) is 13.3. The van der Waals surface area contributed by atoms with E-state index in [0.29, 0.717) is 11.4 Å². The van der Waals surface area contributed by atoms with Crippen LogP contribution in [0, 0.1) is 5.92 Å². The van der Waals surface area contributed by atoms with Crippen LogP contribution >= 0.6 is 11.6 Å². The summed E-state index contributed by atoms with van der Waals surface area (Å²) in [5.74, 6) is -0.918. The fourth-order valence-electron chi connectivity index (χ4n) is 2.85. The molecule has 1 aliphatic carbocycles. The highest BCUT2D eigenvalue weighted by Crippen LogP contribution is 2.35. The molecule has 0 bridgehead atoms. The van der Waals surface area contributed by atoms with Crippen molar-refractivity contribution in [2.45, 2.75) is 31.7 Å². The van der Waals surface area contributed by atoms with Gasteiger partial charge in [0.2, 0.25) is 0 Å². The Morgan fingerprint density at radius 2 is 2.15 bits per heavy atom. The largest absolute Gasteiger partial charge is 0.481 e. The molecule has 20 heavy (non-hydrogen) atoms. The van der Waals surface area contributed by atoms with E-state index in [-0.39, 0.29) is 12.0 Å². The number of hydrogen-bond donors (Lipinski definition) is 2. The molecular weight excluding hydrogens is 276 g/mol. The average Bonchev–Trinajstić information content (AvgIpc) is 2.38. The standard InChI is InChI=1S/C15H21ClN2O2/c1-18(2)14-12(16)7-4-8-13(14)17-11-6-3-5-10(9-11)15(19)20/h4,7-8,10-11,17H,3,5-6,9H2,1-2H3,(H,19,20). The number of aliphatic carboxylic acids is 1. The molecule has 0 spiro atoms. The minimum atomic E-state index is -0.685. The van der Waals surface area contributed by atoms with Crippen molar-refractivity contribution in [3.05, 3.63) is 23.2 Å². The average molecular weight is 297 g/mol. The third kappa shape index (κ3) is 3.37. The monoisotopic (exact) mass is 296 g/mol. The van der Waals surface area contributed by atoms with Gasteiger partial charge in [-0.15, -0.1) is 0 Å². The zero-order valence-electron chi connectivity index (χ0n) is 11.9. The van der Waals surface area contributed by atoms with Gasteiger partial charge in [0.05, 0.1) is 22.3 Å². The van der Waals surface area contributed by atoms with E-state index in [9.17, 15) is 4.79 Å². The highest BCUT2D eigenvalue weighted by molar-refractivity contribution is 6.34. The van der Waals surface area contributed by atoms with Crippen molar-refractivity contribution in [1.29, 1.82) is 0 Å². The number of hydrogen-bond acceptors (Lipinski definition) is 3. The zero-order valence-corrected chi connectivity index (χ0v) is 12.7. The molecule has 5 heteroatoms. The first kappa shape index (κ1) is 15.0. The van der Waals surface area contributed by atoms with Crippen molar-refractivity contribution >= 4 is 28.9 Å². The Bertz CT molecular complexity index is 491. The molecule has 0 heterocycles. The summed E-state index contributed by atoms with van der Waals surface area (Å²) in [6, 6.07) is 5.96. The van der Waals surface area contributed by atoms with Gasteiger partial charge in [-0.25, -0.2) is 0 Å². The number of rotatable bonds is 4. The molecule has 0 amide bonds. The van der Waals surface area contributed by atoms with Gasteiger partial charge in [0.15, 0.2) is 0 Å². The molecule has 0 radical (unpaired) electrons. The van der Waals surface area contributed by atoms with Crippen LogP contribution in [0.5, 0.6) is 0 Å². The van der Waals surface area contributed by atoms with Gasteiger partial charge < -0.3 is 15.3 Å². The number of carboxylic acids is 1. The lowest BCUT2D eigenvalue weighted by molar-refractivity contribution is -0.142. The van der Waals surface area contributed by atoms with Crippen molar-refractivity contribution in [2.75, 3.05) is 24.3 Å². The molecule has 110 valence electrons. The van der Waals surface area contributed by atoms with Gasteiger partial charge in [0.25, 0.3) is 0 Å². The van der Waals surface area contributed by atoms with Gasteiger partial charge in [-0.3, -0.25) is 4.79 Å². The molecule has 0 saturated heterocycles. The lowest BCUT2D eigenvalue weighted by Crippen LogP contribution is -2.31. The molecule has 2 unspecified atom stereocenters. The fourth-order valence-corrected chi connectivity index (χ4v) is 3.19. The molecule has 1 aromatic rings. The van der Waals surface area contributed by atoms with E-state index >= 15 is 0 Å². The van der Waals surface area contributed by atoms with Crippen LogP contribution in [0.2, 0.25) is 5.02 Å². The second kappa shape index (κ2) is 6.35. The topological polar surface area (TPSA) is 52.6 Å². The van der Waals surface area contributed by atoms with E-state index in [1.54, 1.807) is 0 Å². The van der Waals surface area contributed by atoms with E-state index in [2.05, 4.69) is 5.32 Å². The Hall–Kier alpha value is -1.42. The van der Waals surface area contributed by atoms with E-state index < -0.39 is 5.97 Å². The summed E-state index contributed by atoms with van der Waals surface area (Å²) in [6.45, 7) is 0. The molecule has 2 N–H and O–H groups in total. The van der Waals surface area contributed by atoms with Crippen LogP contribution in [-0.2, 0) is 4.79 Å². The van der Waals surface area contributed by atoms with Crippen molar-refractivity contribution in [3.63, 3.8) is 0 Å². The maximum absolute atomic E-state index is 11.1. The Balaban J connectivity index is 2.14. The summed E-state index contributed by atoms with van der Waals surface area (Å²) < 4.78 is 0. The fraction of sp³-hybridized carbons (Fsp3) is 0.533. The van der Waals surface area contributed by atoms with Crippen LogP contribution in [0.15, 0.2) is 18.2 Å². The number of nitrogens with one attached hydrogen (secondary N) is 1. The highest BCUT2D eigenvalue weighted by Gasteiger charge is 2.27. The third-order valence-corrected chi connectivity index (χ3v) is 4.12. The molecule has 4 nitrogen and oxygen atoms in total. The number of benzene rings is 1. The van der Waals surface area contributed by atoms with Gasteiger partial charge in [-0.2, -0.15) is 0 Å². The number of carbonyl (C=O) groups is 1. The lowest BCUT2D eigenvalue weighted by Gasteiger charge is -2.30. The first-order chi connectivity index (χ1) is 9.49. The number of nitrogens with zero attached hydrogens (tertiary/aromatic N) is 1. The van der Waals surface area contributed by atoms with Gasteiger partial charge >= 0.3 is 5.97 Å². The quantitative estimate of drug-likeness (QED) is 0.893. The smallest absolute Gasteiger partial charge is 0.306 e. The third-order valence-electron chi connectivity index (χ3n) is 3.82. The molecule has 0 aliphatic heterocycles. The van der Waals surface area contributed by atoms with Crippen molar-refractivity contribution in [3.8, 4) is 0 Å². The molecule has 0 aromatic heterocycles. The van der Waals surface area contributed by atoms with Gasteiger partial charge in [0.1, 0.15) is 0 Å². The maximum atomic E-state index is 11.1. The predicted octanol–water partition coefficient (Wildman–Crippen LogP) is 3.46. The minimum Gasteiger partial charge on any atom is -0.481 e. The Morgan fingerprint density at radius 1 is 1.40 bits per heavy atom. The SMILES string of the molecule is CN(C)c1c(Cl)cccc1NC1CCCC(C(=O)O)C1. The number of halogens is 1. The highest BCUT2D eigenvalue weighted by atomic mass is 35.5. The zero-order chi connectivity index (χ0) is 14.7. The Morgan fingerprint density at radius 3 is 2.80 bits per heavy atom. The summed E-state index contributed by atoms with van der Waals surface area (Å²) in [5.41, 5.74) is 1.92. The summed E-state index contributed by atoms with van der Waals surface area (Å²) in [6.07, 6.45) is 3.41. The number of para-hydroxylation sites is 1. The number of anilines is 2. The summed E-state index contributed by atoms with van der Waals surface area (Å²) in [7, 11) is 3.90. The molecule has 2 rings (SSSR count). The second-order valence-electron chi connectivity index (χ2n) is 5.57. The van der Waals surface area contributed by atoms with E-state index in [4.69, 9.17) is 16.7 Å². The Kier molecular flexibility index (Phi) is 4.76. The minimum absolute atomic E-state index is 0.196. The van der Waals surface area contributed by atoms with E-state index in [0.717, 1.165) is 30.6 Å². The predicted molar refractivity (Wildman–Crippen MR) is 82.8 cm³/mol. The van der Waals surface area contributed by atoms with Crippen LogP contribution in [0.1, 0.15) is 25.7 Å². The molecule has 1 aliphatic rings. The van der Waals surface area contributed by atoms with E-state index in [1.807, 2.05) is 37.2 Å². The molecular formula is C15H21ClN2O2. The van der Waals surface area contributed by atoms with E-state index in [1.165, 1.54) is 0 Å². The first-order valence-corrected chi connectivity index (χ1v) is 7.32. The van der Waals surface area contributed by atoms with Crippen LogP contribution in [0.3, 0.4) is 0 Å². The van der Waals surface area contributed by atoms with Crippen molar-refractivity contribution in [1.82, 2.24) is 0 Å². The van der Waals surface area contributed by atoms with Crippen molar-refractivity contribution in [2.24, 2.45) is 5.92 Å². The van der Waals surface area contributed by atoms with Crippen LogP contribution in [0.25, 0.3) is 0 Å². The maximum Gasteiger partial charge on any atom is 0.306 e. The molecule has 1 fully saturated rings. The molecule has 2 atom stereocenters. The van der Waals surface area contributed by atoms with Crippen LogP contribution in [-0.4, -0.2) is 31.2 Å². The van der Waals surface area contributed by atoms with Crippen LogP contribution in [0.4, 0.5) is 11.4 Å². The normalized spacial score (nSPS) is 22.4. The first-order valence-electron chi connectivity index (χ1n) is 6.94. The lowest BCUT2D eigenvalue weighted by atomic mass is 9.85. The molecule has 1 aromatic carbocycles. The summed E-state index contributed by atoms with van der Waals surface area (Å²) in [4.78, 5) is 13.1. The van der Waals surface area contributed by atoms with Gasteiger partial charge in [-0.05, 0) is 31.4 Å². The van der Waals surface area contributed by atoms with Gasteiger partial charge in [0, 0.05) is 20.1 Å². The van der Waals surface area contributed by atoms with Gasteiger partial charge in [-0.1, -0.05) is 24.1 Å². The van der Waals surface area contributed by atoms with Crippen LogP contribution < -0.4 is 10.2 Å². The number of carboxylic acid groups (broad SMARTS) is 1. The summed E-state index contributed by atoms with van der Waals surface area (Å²) >= 11 is 6.25. The van der Waals surface area contributed by atoms with Crippen molar-refractivity contribution < 1.29 is 9.90 Å². The second-order valence-corrected chi connectivity index (χ2v) is 5.98. The molecule has 1 saturated carbocycles. The Labute approximate surface area is 124 Å².